The van der Waals surface area contributed by atoms with Crippen LogP contribution in [0.15, 0.2) is 53.9 Å². The minimum atomic E-state index is -0.274. The molecule has 0 atom stereocenters. The number of hydrogen-bond acceptors (Lipinski definition) is 3. The molecule has 0 spiro atoms. The Hall–Kier alpha value is -3.31. The molecule has 0 bridgehead atoms. The van der Waals surface area contributed by atoms with E-state index in [0.717, 1.165) is 16.6 Å². The number of azide groups is 1. The summed E-state index contributed by atoms with van der Waals surface area (Å²) in [4.78, 5) is 21.8. The van der Waals surface area contributed by atoms with Crippen LogP contribution in [0.2, 0.25) is 0 Å². The van der Waals surface area contributed by atoms with Crippen molar-refractivity contribution < 1.29 is 4.79 Å². The van der Waals surface area contributed by atoms with Gasteiger partial charge in [0.1, 0.15) is 5.82 Å². The van der Waals surface area contributed by atoms with E-state index < -0.39 is 0 Å². The molecule has 0 unspecified atom stereocenters. The van der Waals surface area contributed by atoms with Crippen LogP contribution in [0.3, 0.4) is 0 Å². The minimum absolute atomic E-state index is 0.224. The number of carbonyl (C=O) groups excluding carboxylic acids is 1. The number of carbonyl (C=O) groups is 1. The van der Waals surface area contributed by atoms with Gasteiger partial charge in [0, 0.05) is 28.2 Å². The predicted molar refractivity (Wildman–Crippen MR) is 79.3 cm³/mol. The third-order valence-corrected chi connectivity index (χ3v) is 3.00. The minimum Gasteiger partial charge on any atom is -0.361 e. The van der Waals surface area contributed by atoms with Gasteiger partial charge in [0.25, 0.3) is 5.91 Å². The summed E-state index contributed by atoms with van der Waals surface area (Å²) in [7, 11) is 0. The van der Waals surface area contributed by atoms with E-state index in [4.69, 9.17) is 5.53 Å². The van der Waals surface area contributed by atoms with Gasteiger partial charge < -0.3 is 10.3 Å². The van der Waals surface area contributed by atoms with Crippen LogP contribution < -0.4 is 5.32 Å². The van der Waals surface area contributed by atoms with Crippen molar-refractivity contribution in [2.24, 2.45) is 5.11 Å². The van der Waals surface area contributed by atoms with Crippen LogP contribution in [0.1, 0.15) is 10.4 Å². The number of nitrogens with zero attached hydrogens (tertiary/aromatic N) is 4. The Balaban J connectivity index is 1.86. The molecular weight excluding hydrogens is 268 g/mol. The van der Waals surface area contributed by atoms with Crippen molar-refractivity contribution in [1.29, 1.82) is 0 Å². The molecule has 3 aromatic rings. The molecule has 2 heterocycles. The smallest absolute Gasteiger partial charge is 0.257 e. The number of amides is 1. The molecule has 3 rings (SSSR count). The van der Waals surface area contributed by atoms with Gasteiger partial charge in [-0.05, 0) is 41.0 Å². The van der Waals surface area contributed by atoms with Gasteiger partial charge in [0.15, 0.2) is 0 Å². The molecule has 2 aromatic heterocycles. The van der Waals surface area contributed by atoms with Crippen LogP contribution in [0, 0.1) is 0 Å². The quantitative estimate of drug-likeness (QED) is 0.432. The van der Waals surface area contributed by atoms with Gasteiger partial charge in [-0.3, -0.25) is 9.78 Å². The van der Waals surface area contributed by atoms with Gasteiger partial charge in [0.05, 0.1) is 11.3 Å². The highest BCUT2D eigenvalue weighted by Crippen LogP contribution is 2.22. The number of benzene rings is 1. The second-order valence-corrected chi connectivity index (χ2v) is 4.29. The maximum Gasteiger partial charge on any atom is 0.257 e. The van der Waals surface area contributed by atoms with Crippen molar-refractivity contribution >= 4 is 28.3 Å². The average molecular weight is 278 g/mol. The number of pyridine rings is 1. The standard InChI is InChI=1S/C14H10N6O/c15-20-19-13-5-4-9(8-17-13)14(21)18-12-3-1-2-11-10(12)6-7-16-11/h1-8,16H,(H,18,21). The molecule has 0 aliphatic rings. The molecule has 0 saturated carbocycles. The van der Waals surface area contributed by atoms with Crippen LogP contribution in [0.25, 0.3) is 21.3 Å². The van der Waals surface area contributed by atoms with Gasteiger partial charge in [-0.15, -0.1) is 0 Å². The predicted octanol–water partition coefficient (Wildman–Crippen LogP) is 3.76. The number of hydrogen-bond donors (Lipinski definition) is 2. The molecule has 102 valence electrons. The van der Waals surface area contributed by atoms with E-state index in [1.807, 2.05) is 30.5 Å². The SMILES string of the molecule is [N-]=[N+]=Nc1ccc(C(=O)Nc2cccc3[nH]ccc23)cn1. The third-order valence-electron chi connectivity index (χ3n) is 3.00. The van der Waals surface area contributed by atoms with Crippen molar-refractivity contribution in [3.8, 4) is 0 Å². The zero-order chi connectivity index (χ0) is 14.7. The number of aromatic amines is 1. The maximum atomic E-state index is 12.2. The summed E-state index contributed by atoms with van der Waals surface area (Å²) >= 11 is 0. The molecule has 0 saturated heterocycles. The summed E-state index contributed by atoms with van der Waals surface area (Å²) in [6.07, 6.45) is 3.19. The molecule has 7 heteroatoms. The highest BCUT2D eigenvalue weighted by Gasteiger charge is 2.09. The largest absolute Gasteiger partial charge is 0.361 e. The van der Waals surface area contributed by atoms with Crippen molar-refractivity contribution in [1.82, 2.24) is 9.97 Å². The van der Waals surface area contributed by atoms with E-state index in [0.29, 0.717) is 5.56 Å². The summed E-state index contributed by atoms with van der Waals surface area (Å²) in [6.45, 7) is 0. The number of anilines is 1. The molecule has 0 radical (unpaired) electrons. The first kappa shape index (κ1) is 12.7. The molecule has 0 aliphatic carbocycles. The Morgan fingerprint density at radius 2 is 2.19 bits per heavy atom. The van der Waals surface area contributed by atoms with Crippen molar-refractivity contribution in [3.05, 3.63) is 64.8 Å². The number of rotatable bonds is 3. The number of fused-ring (bicyclic) bond motifs is 1. The van der Waals surface area contributed by atoms with Crippen molar-refractivity contribution in [3.63, 3.8) is 0 Å². The van der Waals surface area contributed by atoms with Crippen molar-refractivity contribution in [2.75, 3.05) is 5.32 Å². The maximum absolute atomic E-state index is 12.2. The van der Waals surface area contributed by atoms with Crippen LogP contribution in [-0.4, -0.2) is 15.9 Å². The lowest BCUT2D eigenvalue weighted by Gasteiger charge is -2.06. The molecular formula is C14H10N6O. The zero-order valence-corrected chi connectivity index (χ0v) is 10.8. The second-order valence-electron chi connectivity index (χ2n) is 4.29. The lowest BCUT2D eigenvalue weighted by molar-refractivity contribution is 0.102. The molecule has 2 N–H and O–H groups in total. The number of H-pyrrole nitrogens is 1. The summed E-state index contributed by atoms with van der Waals surface area (Å²) in [6, 6.07) is 10.6. The van der Waals surface area contributed by atoms with E-state index in [1.165, 1.54) is 12.3 Å². The average Bonchev–Trinajstić information content (AvgIpc) is 2.98. The lowest BCUT2D eigenvalue weighted by atomic mass is 10.2. The summed E-state index contributed by atoms with van der Waals surface area (Å²) in [5.41, 5.74) is 10.4. The first-order valence-electron chi connectivity index (χ1n) is 6.16. The fourth-order valence-corrected chi connectivity index (χ4v) is 2.01. The molecule has 0 aliphatic heterocycles. The van der Waals surface area contributed by atoms with Crippen LogP contribution in [0.4, 0.5) is 11.5 Å². The fraction of sp³-hybridized carbons (Fsp3) is 0. The van der Waals surface area contributed by atoms with Crippen LogP contribution in [-0.2, 0) is 0 Å². The molecule has 1 amide bonds. The normalized spacial score (nSPS) is 10.1. The fourth-order valence-electron chi connectivity index (χ4n) is 2.01. The van der Waals surface area contributed by atoms with Crippen LogP contribution in [0.5, 0.6) is 0 Å². The highest BCUT2D eigenvalue weighted by molar-refractivity contribution is 6.08. The third kappa shape index (κ3) is 2.54. The zero-order valence-electron chi connectivity index (χ0n) is 10.8. The number of aromatic nitrogens is 2. The second kappa shape index (κ2) is 5.36. The lowest BCUT2D eigenvalue weighted by Crippen LogP contribution is -2.12. The van der Waals surface area contributed by atoms with Gasteiger partial charge in [0.2, 0.25) is 0 Å². The molecule has 7 nitrogen and oxygen atoms in total. The van der Waals surface area contributed by atoms with Crippen molar-refractivity contribution in [2.45, 2.75) is 0 Å². The van der Waals surface area contributed by atoms with Gasteiger partial charge in [-0.1, -0.05) is 6.07 Å². The summed E-state index contributed by atoms with van der Waals surface area (Å²) in [5, 5.41) is 7.13. The number of nitrogens with one attached hydrogen (secondary N) is 2. The first-order chi connectivity index (χ1) is 10.3. The Labute approximate surface area is 119 Å². The van der Waals surface area contributed by atoms with E-state index in [-0.39, 0.29) is 11.7 Å². The Morgan fingerprint density at radius 1 is 1.29 bits per heavy atom. The van der Waals surface area contributed by atoms with E-state index in [9.17, 15) is 4.79 Å². The highest BCUT2D eigenvalue weighted by atomic mass is 16.1. The summed E-state index contributed by atoms with van der Waals surface area (Å²) < 4.78 is 0. The van der Waals surface area contributed by atoms with Gasteiger partial charge in [-0.2, -0.15) is 0 Å². The Bertz CT molecular complexity index is 845. The molecule has 0 fully saturated rings. The van der Waals surface area contributed by atoms with E-state index in [1.54, 1.807) is 6.07 Å². The van der Waals surface area contributed by atoms with E-state index in [2.05, 4.69) is 25.3 Å². The Morgan fingerprint density at radius 3 is 2.95 bits per heavy atom. The summed E-state index contributed by atoms with van der Waals surface area (Å²) in [5.74, 6) is -0.0505. The van der Waals surface area contributed by atoms with E-state index >= 15 is 0 Å². The van der Waals surface area contributed by atoms with Gasteiger partial charge >= 0.3 is 0 Å². The van der Waals surface area contributed by atoms with Crippen LogP contribution >= 0.6 is 0 Å². The first-order valence-corrected chi connectivity index (χ1v) is 6.16. The van der Waals surface area contributed by atoms with Gasteiger partial charge in [-0.25, -0.2) is 0 Å². The topological polar surface area (TPSA) is 107 Å². The monoisotopic (exact) mass is 278 g/mol. The molecule has 1 aromatic carbocycles. The molecule has 21 heavy (non-hydrogen) atoms. The Kier molecular flexibility index (Phi) is 3.24.